The van der Waals surface area contributed by atoms with Crippen molar-refractivity contribution >= 4 is 17.5 Å². The standard InChI is InChI=1S/C24H22FN3O3/c1-14-7-16(18-4-3-17(25)11-27-18)8-15(2)22(14)23-19(29)9-24(10-20(23)30)12-28(13-24)21(31)5-6-26/h3-4,7-8,11,23H,5,9-10,12-13H2,1-2H3. The number of benzene rings is 1. The summed E-state index contributed by atoms with van der Waals surface area (Å²) in [5, 5.41) is 8.68. The first-order chi connectivity index (χ1) is 14.7. The van der Waals surface area contributed by atoms with Crippen LogP contribution in [0.4, 0.5) is 4.39 Å². The number of Topliss-reactive ketones (excluding diaryl/α,β-unsaturated/α-hetero) is 2. The minimum atomic E-state index is -0.801. The number of carbonyl (C=O) groups excluding carboxylic acids is 3. The molecule has 1 aliphatic heterocycles. The maximum Gasteiger partial charge on any atom is 0.236 e. The van der Waals surface area contributed by atoms with Gasteiger partial charge < -0.3 is 4.90 Å². The van der Waals surface area contributed by atoms with Crippen LogP contribution in [-0.4, -0.2) is 40.4 Å². The van der Waals surface area contributed by atoms with Gasteiger partial charge in [-0.3, -0.25) is 19.4 Å². The Morgan fingerprint density at radius 2 is 1.81 bits per heavy atom. The summed E-state index contributed by atoms with van der Waals surface area (Å²) in [7, 11) is 0. The molecule has 1 spiro atoms. The van der Waals surface area contributed by atoms with Gasteiger partial charge in [-0.25, -0.2) is 4.39 Å². The number of halogens is 1. The number of aryl methyl sites for hydroxylation is 2. The summed E-state index contributed by atoms with van der Waals surface area (Å²) in [5.74, 6) is -1.72. The molecule has 7 heteroatoms. The van der Waals surface area contributed by atoms with Crippen molar-refractivity contribution in [2.45, 2.75) is 39.0 Å². The molecule has 1 aromatic heterocycles. The van der Waals surface area contributed by atoms with E-state index in [4.69, 9.17) is 5.26 Å². The molecule has 1 saturated carbocycles. The number of aromatic nitrogens is 1. The van der Waals surface area contributed by atoms with E-state index >= 15 is 0 Å². The molecule has 0 bridgehead atoms. The fourth-order valence-corrected chi connectivity index (χ4v) is 4.97. The van der Waals surface area contributed by atoms with Crippen LogP contribution in [0.25, 0.3) is 11.3 Å². The Bertz CT molecular complexity index is 1080. The molecule has 0 N–H and O–H groups in total. The molecule has 1 saturated heterocycles. The van der Waals surface area contributed by atoms with E-state index < -0.39 is 17.2 Å². The zero-order valence-electron chi connectivity index (χ0n) is 17.4. The molecule has 0 radical (unpaired) electrons. The van der Waals surface area contributed by atoms with E-state index in [9.17, 15) is 18.8 Å². The lowest BCUT2D eigenvalue weighted by atomic mass is 9.63. The fourth-order valence-electron chi connectivity index (χ4n) is 4.97. The number of amides is 1. The zero-order valence-corrected chi connectivity index (χ0v) is 17.4. The summed E-state index contributed by atoms with van der Waals surface area (Å²) >= 11 is 0. The van der Waals surface area contributed by atoms with Crippen molar-refractivity contribution in [1.29, 1.82) is 5.26 Å². The highest BCUT2D eigenvalue weighted by Gasteiger charge is 2.53. The van der Waals surface area contributed by atoms with Crippen molar-refractivity contribution in [3.63, 3.8) is 0 Å². The SMILES string of the molecule is Cc1cc(-c2ccc(F)cn2)cc(C)c1C1C(=O)CC2(CC1=O)CN(C(=O)CC#N)C2. The van der Waals surface area contributed by atoms with Gasteiger partial charge in [0.25, 0.3) is 0 Å². The fraction of sp³-hybridized carbons (Fsp3) is 0.375. The third-order valence-electron chi connectivity index (χ3n) is 6.28. The Morgan fingerprint density at radius 1 is 1.19 bits per heavy atom. The minimum Gasteiger partial charge on any atom is -0.341 e. The van der Waals surface area contributed by atoms with Crippen molar-refractivity contribution in [3.8, 4) is 17.3 Å². The van der Waals surface area contributed by atoms with Gasteiger partial charge in [-0.1, -0.05) is 0 Å². The number of ketones is 2. The summed E-state index contributed by atoms with van der Waals surface area (Å²) in [4.78, 5) is 43.7. The van der Waals surface area contributed by atoms with E-state index in [1.54, 1.807) is 11.0 Å². The van der Waals surface area contributed by atoms with Crippen molar-refractivity contribution in [3.05, 3.63) is 53.0 Å². The molecular weight excluding hydrogens is 397 g/mol. The van der Waals surface area contributed by atoms with Crippen LogP contribution in [0.2, 0.25) is 0 Å². The number of rotatable bonds is 3. The van der Waals surface area contributed by atoms with Gasteiger partial charge in [0.15, 0.2) is 0 Å². The van der Waals surface area contributed by atoms with Crippen molar-refractivity contribution in [2.75, 3.05) is 13.1 Å². The molecule has 0 atom stereocenters. The molecule has 2 aliphatic rings. The second-order valence-electron chi connectivity index (χ2n) is 8.69. The lowest BCUT2D eigenvalue weighted by Crippen LogP contribution is -2.62. The molecule has 1 aromatic carbocycles. The van der Waals surface area contributed by atoms with Crippen molar-refractivity contribution in [1.82, 2.24) is 9.88 Å². The van der Waals surface area contributed by atoms with Gasteiger partial charge in [-0.05, 0) is 54.8 Å². The normalized spacial score (nSPS) is 18.1. The maximum absolute atomic E-state index is 13.2. The van der Waals surface area contributed by atoms with Crippen LogP contribution in [0, 0.1) is 36.4 Å². The van der Waals surface area contributed by atoms with Gasteiger partial charge in [-0.2, -0.15) is 5.26 Å². The number of pyridine rings is 1. The Morgan fingerprint density at radius 3 is 2.32 bits per heavy atom. The first kappa shape index (κ1) is 20.9. The molecule has 2 aromatic rings. The van der Waals surface area contributed by atoms with E-state index in [0.717, 1.165) is 28.5 Å². The third kappa shape index (κ3) is 3.74. The van der Waals surface area contributed by atoms with Crippen LogP contribution in [-0.2, 0) is 14.4 Å². The van der Waals surface area contributed by atoms with Gasteiger partial charge in [0.05, 0.1) is 18.0 Å². The van der Waals surface area contributed by atoms with E-state index in [0.29, 0.717) is 18.8 Å². The zero-order chi connectivity index (χ0) is 22.3. The number of hydrogen-bond acceptors (Lipinski definition) is 5. The van der Waals surface area contributed by atoms with Gasteiger partial charge in [0, 0.05) is 36.9 Å². The molecule has 0 unspecified atom stereocenters. The van der Waals surface area contributed by atoms with E-state index in [1.807, 2.05) is 32.0 Å². The van der Waals surface area contributed by atoms with Gasteiger partial charge in [0.2, 0.25) is 5.91 Å². The summed E-state index contributed by atoms with van der Waals surface area (Å²) < 4.78 is 13.2. The maximum atomic E-state index is 13.2. The minimum absolute atomic E-state index is 0.123. The van der Waals surface area contributed by atoms with E-state index in [-0.39, 0.29) is 36.7 Å². The predicted molar refractivity (Wildman–Crippen MR) is 110 cm³/mol. The number of hydrogen-bond donors (Lipinski definition) is 0. The summed E-state index contributed by atoms with van der Waals surface area (Å²) in [5.41, 5.74) is 3.31. The topological polar surface area (TPSA) is 91.1 Å². The number of carbonyl (C=O) groups is 3. The van der Waals surface area contributed by atoms with Crippen LogP contribution in [0.15, 0.2) is 30.5 Å². The van der Waals surface area contributed by atoms with E-state index in [1.165, 1.54) is 6.07 Å². The predicted octanol–water partition coefficient (Wildman–Crippen LogP) is 3.26. The van der Waals surface area contributed by atoms with Gasteiger partial charge in [0.1, 0.15) is 29.7 Å². The monoisotopic (exact) mass is 419 g/mol. The Labute approximate surface area is 179 Å². The van der Waals surface area contributed by atoms with E-state index in [2.05, 4.69) is 4.98 Å². The van der Waals surface area contributed by atoms with Crippen molar-refractivity contribution < 1.29 is 18.8 Å². The second kappa shape index (κ2) is 7.69. The highest BCUT2D eigenvalue weighted by Crippen LogP contribution is 2.46. The quantitative estimate of drug-likeness (QED) is 0.712. The average molecular weight is 419 g/mol. The molecule has 6 nitrogen and oxygen atoms in total. The largest absolute Gasteiger partial charge is 0.341 e. The van der Waals surface area contributed by atoms with Gasteiger partial charge >= 0.3 is 0 Å². The van der Waals surface area contributed by atoms with Crippen LogP contribution in [0.3, 0.4) is 0 Å². The molecular formula is C24H22FN3O3. The Balaban J connectivity index is 1.56. The number of nitriles is 1. The van der Waals surface area contributed by atoms with Crippen LogP contribution in [0.1, 0.15) is 41.9 Å². The molecule has 2 heterocycles. The number of likely N-dealkylation sites (tertiary alicyclic amines) is 1. The molecule has 4 rings (SSSR count). The first-order valence-corrected chi connectivity index (χ1v) is 10.2. The van der Waals surface area contributed by atoms with Gasteiger partial charge in [-0.15, -0.1) is 0 Å². The lowest BCUT2D eigenvalue weighted by molar-refractivity contribution is -0.154. The Kier molecular flexibility index (Phi) is 5.18. The molecule has 31 heavy (non-hydrogen) atoms. The molecule has 1 aliphatic carbocycles. The lowest BCUT2D eigenvalue weighted by Gasteiger charge is -2.52. The molecule has 1 amide bonds. The number of nitrogens with zero attached hydrogens (tertiary/aromatic N) is 3. The smallest absolute Gasteiger partial charge is 0.236 e. The summed E-state index contributed by atoms with van der Waals surface area (Å²) in [6.45, 7) is 4.44. The van der Waals surface area contributed by atoms with Crippen molar-refractivity contribution in [2.24, 2.45) is 5.41 Å². The highest BCUT2D eigenvalue weighted by molar-refractivity contribution is 6.11. The second-order valence-corrected chi connectivity index (χ2v) is 8.69. The Hall–Kier alpha value is -3.40. The first-order valence-electron chi connectivity index (χ1n) is 10.2. The molecule has 2 fully saturated rings. The summed E-state index contributed by atoms with van der Waals surface area (Å²) in [6, 6.07) is 8.53. The van der Waals surface area contributed by atoms with Crippen LogP contribution in [0.5, 0.6) is 0 Å². The third-order valence-corrected chi connectivity index (χ3v) is 6.28. The summed E-state index contributed by atoms with van der Waals surface area (Å²) in [6.07, 6.45) is 1.47. The molecule has 158 valence electrons. The van der Waals surface area contributed by atoms with Crippen LogP contribution >= 0.6 is 0 Å². The highest BCUT2D eigenvalue weighted by atomic mass is 19.1. The average Bonchev–Trinajstić information content (AvgIpc) is 2.68. The van der Waals surface area contributed by atoms with Crippen LogP contribution < -0.4 is 0 Å².